The zero-order valence-corrected chi connectivity index (χ0v) is 13.5. The molecule has 0 fully saturated rings. The average molecular weight is 322 g/mol. The maximum absolute atomic E-state index is 11.4. The predicted molar refractivity (Wildman–Crippen MR) is 88.8 cm³/mol. The average Bonchev–Trinajstić information content (AvgIpc) is 2.46. The molecule has 0 aliphatic rings. The monoisotopic (exact) mass is 321 g/mol. The number of benzene rings is 2. The Hall–Kier alpha value is -2.04. The Morgan fingerprint density at radius 1 is 1.09 bits per heavy atom. The van der Waals surface area contributed by atoms with Gasteiger partial charge >= 0.3 is 5.97 Å². The Morgan fingerprint density at radius 2 is 1.77 bits per heavy atom. The Kier molecular flexibility index (Phi) is 6.89. The van der Waals surface area contributed by atoms with Gasteiger partial charge < -0.3 is 14.7 Å². The zero-order valence-electron chi connectivity index (χ0n) is 12.7. The molecule has 0 bridgehead atoms. The third kappa shape index (κ3) is 5.06. The number of ether oxygens (including phenoxy) is 1. The van der Waals surface area contributed by atoms with Crippen LogP contribution in [0.1, 0.15) is 21.5 Å². The summed E-state index contributed by atoms with van der Waals surface area (Å²) in [4.78, 5) is 13.4. The maximum Gasteiger partial charge on any atom is 0.339 e. The molecule has 118 valence electrons. The lowest BCUT2D eigenvalue weighted by molar-refractivity contribution is 0.0691. The summed E-state index contributed by atoms with van der Waals surface area (Å²) in [6.07, 6.45) is 0. The molecule has 0 radical (unpaired) electrons. The molecular formula is C17H20ClNO3. The van der Waals surface area contributed by atoms with Crippen LogP contribution in [0.3, 0.4) is 0 Å². The van der Waals surface area contributed by atoms with Crippen molar-refractivity contribution in [3.8, 4) is 5.75 Å². The predicted octanol–water partition coefficient (Wildman–Crippen LogP) is 3.45. The first-order valence-electron chi connectivity index (χ1n) is 6.74. The van der Waals surface area contributed by atoms with Crippen LogP contribution in [0.5, 0.6) is 5.75 Å². The number of halogens is 1. The largest absolute Gasteiger partial charge is 0.488 e. The third-order valence-corrected chi connectivity index (χ3v) is 3.01. The van der Waals surface area contributed by atoms with Crippen molar-refractivity contribution in [1.29, 1.82) is 0 Å². The van der Waals surface area contributed by atoms with E-state index < -0.39 is 5.97 Å². The minimum Gasteiger partial charge on any atom is -0.488 e. The van der Waals surface area contributed by atoms with Crippen LogP contribution in [0.15, 0.2) is 48.5 Å². The first kappa shape index (κ1) is 18.0. The number of rotatable bonds is 6. The van der Waals surface area contributed by atoms with Crippen molar-refractivity contribution in [2.45, 2.75) is 13.2 Å². The SMILES string of the molecule is CN(C)Cc1ccc(OCc2ccccc2)c(C(=O)O)c1.Cl. The fraction of sp³-hybridized carbons (Fsp3) is 0.235. The van der Waals surface area contributed by atoms with E-state index in [1.807, 2.05) is 55.4 Å². The van der Waals surface area contributed by atoms with Gasteiger partial charge in [-0.25, -0.2) is 4.79 Å². The molecule has 4 nitrogen and oxygen atoms in total. The minimum absolute atomic E-state index is 0. The van der Waals surface area contributed by atoms with Gasteiger partial charge in [-0.3, -0.25) is 0 Å². The second-order valence-corrected chi connectivity index (χ2v) is 5.15. The molecular weight excluding hydrogens is 302 g/mol. The number of carboxylic acids is 1. The van der Waals surface area contributed by atoms with Gasteiger partial charge in [0.05, 0.1) is 0 Å². The summed E-state index contributed by atoms with van der Waals surface area (Å²) in [5.74, 6) is -0.576. The lowest BCUT2D eigenvalue weighted by atomic mass is 10.1. The highest BCUT2D eigenvalue weighted by atomic mass is 35.5. The van der Waals surface area contributed by atoms with E-state index in [-0.39, 0.29) is 18.0 Å². The standard InChI is InChI=1S/C17H19NO3.ClH/c1-18(2)11-14-8-9-16(15(10-14)17(19)20)21-12-13-6-4-3-5-7-13;/h3-10H,11-12H2,1-2H3,(H,19,20);1H. The molecule has 1 N–H and O–H groups in total. The number of hydrogen-bond acceptors (Lipinski definition) is 3. The lowest BCUT2D eigenvalue weighted by Crippen LogP contribution is -2.12. The molecule has 0 aromatic heterocycles. The third-order valence-electron chi connectivity index (χ3n) is 3.01. The molecule has 2 aromatic carbocycles. The van der Waals surface area contributed by atoms with Crippen molar-refractivity contribution in [3.63, 3.8) is 0 Å². The van der Waals surface area contributed by atoms with Crippen LogP contribution in [0.2, 0.25) is 0 Å². The molecule has 0 amide bonds. The van der Waals surface area contributed by atoms with Crippen LogP contribution in [-0.2, 0) is 13.2 Å². The van der Waals surface area contributed by atoms with Crippen molar-refractivity contribution >= 4 is 18.4 Å². The summed E-state index contributed by atoms with van der Waals surface area (Å²) in [6, 6.07) is 15.0. The molecule has 22 heavy (non-hydrogen) atoms. The molecule has 0 unspecified atom stereocenters. The van der Waals surface area contributed by atoms with Crippen LogP contribution >= 0.6 is 12.4 Å². The Bertz CT molecular complexity index is 615. The van der Waals surface area contributed by atoms with Gasteiger partial charge in [0.1, 0.15) is 17.9 Å². The number of carboxylic acid groups (broad SMARTS) is 1. The fourth-order valence-electron chi connectivity index (χ4n) is 2.07. The Morgan fingerprint density at radius 3 is 2.36 bits per heavy atom. The second kappa shape index (κ2) is 8.41. The molecule has 0 heterocycles. The molecule has 5 heteroatoms. The number of nitrogens with zero attached hydrogens (tertiary/aromatic N) is 1. The Balaban J connectivity index is 0.00000242. The van der Waals surface area contributed by atoms with E-state index in [0.29, 0.717) is 18.9 Å². The van der Waals surface area contributed by atoms with E-state index in [2.05, 4.69) is 0 Å². The Labute approximate surface area is 136 Å². The van der Waals surface area contributed by atoms with Gasteiger partial charge in [-0.1, -0.05) is 36.4 Å². The van der Waals surface area contributed by atoms with Gasteiger partial charge in [0.15, 0.2) is 0 Å². The summed E-state index contributed by atoms with van der Waals surface area (Å²) < 4.78 is 5.65. The van der Waals surface area contributed by atoms with Crippen molar-refractivity contribution in [1.82, 2.24) is 4.90 Å². The van der Waals surface area contributed by atoms with Gasteiger partial charge in [-0.05, 0) is 37.4 Å². The van der Waals surface area contributed by atoms with Gasteiger partial charge in [-0.15, -0.1) is 12.4 Å². The molecule has 0 aliphatic carbocycles. The first-order chi connectivity index (χ1) is 10.1. The van der Waals surface area contributed by atoms with Crippen molar-refractivity contribution in [3.05, 3.63) is 65.2 Å². The van der Waals surface area contributed by atoms with E-state index in [1.165, 1.54) is 0 Å². The summed E-state index contributed by atoms with van der Waals surface area (Å²) in [5, 5.41) is 9.33. The molecule has 0 spiro atoms. The highest BCUT2D eigenvalue weighted by molar-refractivity contribution is 5.91. The van der Waals surface area contributed by atoms with E-state index in [0.717, 1.165) is 11.1 Å². The van der Waals surface area contributed by atoms with Gasteiger partial charge in [0.25, 0.3) is 0 Å². The molecule has 2 rings (SSSR count). The van der Waals surface area contributed by atoms with Crippen LogP contribution in [0, 0.1) is 0 Å². The topological polar surface area (TPSA) is 49.8 Å². The van der Waals surface area contributed by atoms with E-state index in [1.54, 1.807) is 12.1 Å². The summed E-state index contributed by atoms with van der Waals surface area (Å²) in [7, 11) is 3.89. The van der Waals surface area contributed by atoms with E-state index >= 15 is 0 Å². The van der Waals surface area contributed by atoms with Crippen molar-refractivity contribution in [2.24, 2.45) is 0 Å². The first-order valence-corrected chi connectivity index (χ1v) is 6.74. The maximum atomic E-state index is 11.4. The van der Waals surface area contributed by atoms with Crippen LogP contribution in [0.25, 0.3) is 0 Å². The number of aromatic carboxylic acids is 1. The van der Waals surface area contributed by atoms with E-state index in [4.69, 9.17) is 4.74 Å². The quantitative estimate of drug-likeness (QED) is 0.885. The fourth-order valence-corrected chi connectivity index (χ4v) is 2.07. The number of hydrogen-bond donors (Lipinski definition) is 1. The molecule has 0 saturated heterocycles. The minimum atomic E-state index is -0.973. The smallest absolute Gasteiger partial charge is 0.339 e. The van der Waals surface area contributed by atoms with Gasteiger partial charge in [0.2, 0.25) is 0 Å². The van der Waals surface area contributed by atoms with Crippen LogP contribution in [-0.4, -0.2) is 30.1 Å². The van der Waals surface area contributed by atoms with Gasteiger partial charge in [0, 0.05) is 6.54 Å². The number of carbonyl (C=O) groups is 1. The molecule has 2 aromatic rings. The normalized spacial score (nSPS) is 10.1. The molecule has 0 saturated carbocycles. The van der Waals surface area contributed by atoms with Gasteiger partial charge in [-0.2, -0.15) is 0 Å². The highest BCUT2D eigenvalue weighted by Gasteiger charge is 2.13. The van der Waals surface area contributed by atoms with Crippen LogP contribution < -0.4 is 4.74 Å². The van der Waals surface area contributed by atoms with Crippen molar-refractivity contribution in [2.75, 3.05) is 14.1 Å². The van der Waals surface area contributed by atoms with Crippen LogP contribution in [0.4, 0.5) is 0 Å². The zero-order chi connectivity index (χ0) is 15.2. The summed E-state index contributed by atoms with van der Waals surface area (Å²) >= 11 is 0. The summed E-state index contributed by atoms with van der Waals surface area (Å²) in [5.41, 5.74) is 2.15. The highest BCUT2D eigenvalue weighted by Crippen LogP contribution is 2.22. The van der Waals surface area contributed by atoms with Crippen molar-refractivity contribution < 1.29 is 14.6 Å². The second-order valence-electron chi connectivity index (χ2n) is 5.15. The lowest BCUT2D eigenvalue weighted by Gasteiger charge is -2.13. The van der Waals surface area contributed by atoms with E-state index in [9.17, 15) is 9.90 Å². The summed E-state index contributed by atoms with van der Waals surface area (Å²) in [6.45, 7) is 1.05. The molecule has 0 aliphatic heterocycles. The molecule has 0 atom stereocenters.